The molecule has 1 saturated carbocycles. The molecule has 0 radical (unpaired) electrons. The maximum Gasteiger partial charge on any atom is 0.140 e. The Labute approximate surface area is 112 Å². The van der Waals surface area contributed by atoms with Crippen LogP contribution in [0.5, 0.6) is 0 Å². The van der Waals surface area contributed by atoms with Crippen LogP contribution in [0.25, 0.3) is 10.9 Å². The fourth-order valence-corrected chi connectivity index (χ4v) is 2.57. The third kappa shape index (κ3) is 2.03. The summed E-state index contributed by atoms with van der Waals surface area (Å²) < 4.78 is 2.06. The zero-order valence-electron chi connectivity index (χ0n) is 11.1. The maximum absolute atomic E-state index is 6.09. The largest absolute Gasteiger partial charge is 0.261 e. The summed E-state index contributed by atoms with van der Waals surface area (Å²) in [4.78, 5) is 4.09. The molecule has 3 rings (SSSR count). The first-order valence-electron chi connectivity index (χ1n) is 6.33. The number of aromatic nitrogens is 3. The minimum Gasteiger partial charge on any atom is -0.261 e. The average molecular weight is 264 g/mol. The molecule has 0 saturated heterocycles. The van der Waals surface area contributed by atoms with Crippen LogP contribution in [0.4, 0.5) is 0 Å². The summed E-state index contributed by atoms with van der Waals surface area (Å²) in [5.41, 5.74) is 3.33. The summed E-state index contributed by atoms with van der Waals surface area (Å²) in [6.07, 6.45) is 3.78. The van der Waals surface area contributed by atoms with Crippen molar-refractivity contribution in [3.8, 4) is 0 Å². The Morgan fingerprint density at radius 1 is 1.39 bits per heavy atom. The van der Waals surface area contributed by atoms with Crippen molar-refractivity contribution in [2.24, 2.45) is 0 Å². The van der Waals surface area contributed by atoms with Gasteiger partial charge in [0.25, 0.3) is 0 Å². The molecule has 18 heavy (non-hydrogen) atoms. The minimum absolute atomic E-state index is 0.446. The van der Waals surface area contributed by atoms with Crippen molar-refractivity contribution >= 4 is 22.5 Å². The third-order valence-electron chi connectivity index (χ3n) is 3.14. The standard InChI is InChI=1S/C12H12ClN3.C2H6/c1-7-5-9(6-7)16-10-3-4-14-12(13)11(10)8(2)15-16;1-2/h3-4,9H,1,5-6H2,2H3;1-2H3. The van der Waals surface area contributed by atoms with Crippen LogP contribution >= 0.6 is 11.6 Å². The highest BCUT2D eigenvalue weighted by atomic mass is 35.5. The lowest BCUT2D eigenvalue weighted by Gasteiger charge is -2.29. The smallest absolute Gasteiger partial charge is 0.140 e. The van der Waals surface area contributed by atoms with Crippen LogP contribution in [-0.2, 0) is 0 Å². The maximum atomic E-state index is 6.09. The topological polar surface area (TPSA) is 30.7 Å². The van der Waals surface area contributed by atoms with E-state index in [4.69, 9.17) is 11.6 Å². The van der Waals surface area contributed by atoms with Crippen molar-refractivity contribution in [1.29, 1.82) is 0 Å². The molecule has 0 bridgehead atoms. The van der Waals surface area contributed by atoms with E-state index in [1.54, 1.807) is 6.20 Å². The summed E-state index contributed by atoms with van der Waals surface area (Å²) in [5.74, 6) is 0. The molecule has 0 atom stereocenters. The van der Waals surface area contributed by atoms with Crippen LogP contribution < -0.4 is 0 Å². The predicted molar refractivity (Wildman–Crippen MR) is 76.0 cm³/mol. The van der Waals surface area contributed by atoms with Gasteiger partial charge in [-0.2, -0.15) is 5.10 Å². The highest BCUT2D eigenvalue weighted by molar-refractivity contribution is 6.34. The van der Waals surface area contributed by atoms with Gasteiger partial charge in [0.05, 0.1) is 22.6 Å². The van der Waals surface area contributed by atoms with Gasteiger partial charge in [-0.3, -0.25) is 4.68 Å². The van der Waals surface area contributed by atoms with Crippen LogP contribution in [0, 0.1) is 6.92 Å². The fourth-order valence-electron chi connectivity index (χ4n) is 2.28. The van der Waals surface area contributed by atoms with Crippen molar-refractivity contribution in [3.63, 3.8) is 0 Å². The van der Waals surface area contributed by atoms with Gasteiger partial charge in [-0.1, -0.05) is 37.6 Å². The molecular formula is C14H18ClN3. The number of pyridine rings is 1. The summed E-state index contributed by atoms with van der Waals surface area (Å²) in [7, 11) is 0. The number of nitrogens with zero attached hydrogens (tertiary/aromatic N) is 3. The molecule has 1 aliphatic carbocycles. The van der Waals surface area contributed by atoms with Crippen LogP contribution in [0.2, 0.25) is 5.15 Å². The number of aryl methyl sites for hydroxylation is 1. The van der Waals surface area contributed by atoms with Crippen molar-refractivity contribution in [2.75, 3.05) is 0 Å². The Morgan fingerprint density at radius 3 is 2.67 bits per heavy atom. The van der Waals surface area contributed by atoms with E-state index in [1.165, 1.54) is 5.57 Å². The van der Waals surface area contributed by atoms with E-state index in [0.29, 0.717) is 11.2 Å². The molecule has 0 aliphatic heterocycles. The quantitative estimate of drug-likeness (QED) is 0.567. The lowest BCUT2D eigenvalue weighted by molar-refractivity contribution is 0.382. The summed E-state index contributed by atoms with van der Waals surface area (Å²) in [5, 5.41) is 6.07. The van der Waals surface area contributed by atoms with E-state index in [2.05, 4.69) is 21.3 Å². The number of hydrogen-bond acceptors (Lipinski definition) is 2. The number of hydrogen-bond donors (Lipinski definition) is 0. The van der Waals surface area contributed by atoms with Crippen LogP contribution in [0.15, 0.2) is 24.4 Å². The lowest BCUT2D eigenvalue weighted by atomic mass is 9.88. The first-order chi connectivity index (χ1) is 8.66. The van der Waals surface area contributed by atoms with Gasteiger partial charge >= 0.3 is 0 Å². The minimum atomic E-state index is 0.446. The highest BCUT2D eigenvalue weighted by Crippen LogP contribution is 2.38. The van der Waals surface area contributed by atoms with E-state index in [9.17, 15) is 0 Å². The SMILES string of the molecule is C=C1CC(n2nc(C)c3c(Cl)nccc32)C1.CC. The van der Waals surface area contributed by atoms with Gasteiger partial charge in [-0.05, 0) is 25.8 Å². The Hall–Kier alpha value is -1.35. The Bertz CT molecular complexity index is 578. The van der Waals surface area contributed by atoms with Crippen LogP contribution in [-0.4, -0.2) is 14.8 Å². The summed E-state index contributed by atoms with van der Waals surface area (Å²) >= 11 is 6.09. The van der Waals surface area contributed by atoms with E-state index in [0.717, 1.165) is 29.4 Å². The first-order valence-corrected chi connectivity index (χ1v) is 6.70. The fraction of sp³-hybridized carbons (Fsp3) is 0.429. The van der Waals surface area contributed by atoms with Gasteiger partial charge < -0.3 is 0 Å². The molecule has 0 N–H and O–H groups in total. The van der Waals surface area contributed by atoms with Crippen molar-refractivity contribution in [1.82, 2.24) is 14.8 Å². The number of halogens is 1. The number of rotatable bonds is 1. The summed E-state index contributed by atoms with van der Waals surface area (Å²) in [6.45, 7) is 9.93. The zero-order chi connectivity index (χ0) is 13.3. The second kappa shape index (κ2) is 5.11. The zero-order valence-corrected chi connectivity index (χ0v) is 11.8. The average Bonchev–Trinajstić information content (AvgIpc) is 2.67. The van der Waals surface area contributed by atoms with Gasteiger partial charge in [0.1, 0.15) is 5.15 Å². The van der Waals surface area contributed by atoms with Gasteiger partial charge in [0, 0.05) is 6.20 Å². The van der Waals surface area contributed by atoms with E-state index in [-0.39, 0.29) is 0 Å². The van der Waals surface area contributed by atoms with Gasteiger partial charge in [0.2, 0.25) is 0 Å². The van der Waals surface area contributed by atoms with E-state index < -0.39 is 0 Å². The van der Waals surface area contributed by atoms with E-state index in [1.807, 2.05) is 26.8 Å². The second-order valence-electron chi connectivity index (χ2n) is 4.34. The van der Waals surface area contributed by atoms with Crippen LogP contribution in [0.1, 0.15) is 38.4 Å². The van der Waals surface area contributed by atoms with Crippen molar-refractivity contribution in [3.05, 3.63) is 35.3 Å². The molecule has 0 amide bonds. The van der Waals surface area contributed by atoms with Gasteiger partial charge in [0.15, 0.2) is 0 Å². The van der Waals surface area contributed by atoms with Crippen molar-refractivity contribution < 1.29 is 0 Å². The molecule has 2 aromatic heterocycles. The Morgan fingerprint density at radius 2 is 2.06 bits per heavy atom. The Balaban J connectivity index is 0.000000574. The molecule has 0 unspecified atom stereocenters. The normalized spacial score (nSPS) is 15.2. The predicted octanol–water partition coefficient (Wildman–Crippen LogP) is 4.31. The molecular weight excluding hydrogens is 246 g/mol. The summed E-state index contributed by atoms with van der Waals surface area (Å²) in [6, 6.07) is 2.42. The lowest BCUT2D eigenvalue weighted by Crippen LogP contribution is -2.20. The number of allylic oxidation sites excluding steroid dienone is 1. The first kappa shape index (κ1) is 13.1. The molecule has 0 aromatic carbocycles. The number of fused-ring (bicyclic) bond motifs is 1. The monoisotopic (exact) mass is 263 g/mol. The molecule has 3 nitrogen and oxygen atoms in total. The van der Waals surface area contributed by atoms with Gasteiger partial charge in [-0.15, -0.1) is 0 Å². The molecule has 1 aliphatic rings. The molecule has 0 spiro atoms. The third-order valence-corrected chi connectivity index (χ3v) is 3.43. The molecule has 2 aromatic rings. The highest BCUT2D eigenvalue weighted by Gasteiger charge is 2.26. The van der Waals surface area contributed by atoms with Gasteiger partial charge in [-0.25, -0.2) is 4.98 Å². The second-order valence-corrected chi connectivity index (χ2v) is 4.70. The molecule has 1 fully saturated rings. The van der Waals surface area contributed by atoms with E-state index >= 15 is 0 Å². The Kier molecular flexibility index (Phi) is 3.71. The molecule has 96 valence electrons. The molecule has 4 heteroatoms. The molecule has 2 heterocycles. The van der Waals surface area contributed by atoms with Crippen LogP contribution in [0.3, 0.4) is 0 Å². The van der Waals surface area contributed by atoms with Crippen molar-refractivity contribution in [2.45, 2.75) is 39.7 Å².